The minimum atomic E-state index is -4.98. The number of carbonyl (C=O) groups is 2. The lowest BCUT2D eigenvalue weighted by molar-refractivity contribution is -0.173. The number of aliphatic hydroxyl groups is 2. The van der Waals surface area contributed by atoms with Gasteiger partial charge >= 0.3 is 18.5 Å². The first-order valence-electron chi connectivity index (χ1n) is 9.95. The van der Waals surface area contributed by atoms with Gasteiger partial charge in [-0.25, -0.2) is 0 Å². The summed E-state index contributed by atoms with van der Waals surface area (Å²) in [5, 5.41) is 22.2. The second-order valence-corrected chi connectivity index (χ2v) is 7.30. The number of nitrogens with one attached hydrogen (secondary N) is 2. The van der Waals surface area contributed by atoms with E-state index >= 15 is 0 Å². The Balaban J connectivity index is 4.97. The van der Waals surface area contributed by atoms with E-state index < -0.39 is 42.5 Å². The van der Waals surface area contributed by atoms with Crippen molar-refractivity contribution in [3.63, 3.8) is 0 Å². The first-order chi connectivity index (χ1) is 14.5. The van der Waals surface area contributed by atoms with Gasteiger partial charge in [0.15, 0.2) is 0 Å². The number of rotatable bonds is 17. The van der Waals surface area contributed by atoms with E-state index in [0.717, 1.165) is 0 Å². The fourth-order valence-electron chi connectivity index (χ4n) is 3.05. The highest BCUT2D eigenvalue weighted by molar-refractivity contribution is 5.81. The van der Waals surface area contributed by atoms with Crippen molar-refractivity contribution in [1.82, 2.24) is 10.6 Å². The van der Waals surface area contributed by atoms with E-state index in [1.807, 2.05) is 0 Å². The van der Waals surface area contributed by atoms with Crippen LogP contribution in [0.4, 0.5) is 22.0 Å². The fourth-order valence-corrected chi connectivity index (χ4v) is 3.05. The Morgan fingerprint density at radius 3 is 2.03 bits per heavy atom. The van der Waals surface area contributed by atoms with Gasteiger partial charge in [-0.1, -0.05) is 0 Å². The van der Waals surface area contributed by atoms with Crippen molar-refractivity contribution in [3.05, 3.63) is 0 Å². The van der Waals surface area contributed by atoms with E-state index in [-0.39, 0.29) is 32.7 Å². The number of alkyl halides is 5. The van der Waals surface area contributed by atoms with E-state index in [0.29, 0.717) is 38.6 Å². The Bertz CT molecular complexity index is 525. The van der Waals surface area contributed by atoms with Gasteiger partial charge in [0.25, 0.3) is 5.91 Å². The highest BCUT2D eigenvalue weighted by Gasteiger charge is 2.38. The number of halogens is 5. The summed E-state index contributed by atoms with van der Waals surface area (Å²) in [7, 11) is 0. The normalized spacial score (nSPS) is 14.9. The topological polar surface area (TPSA) is 134 Å². The second-order valence-electron chi connectivity index (χ2n) is 7.30. The first kappa shape index (κ1) is 29.4. The molecule has 0 saturated carbocycles. The SMILES string of the molecule is NCCCC(CCCNC(=O)C(F)F)(CCCNC(=O)C(F)(F)F)COCC(O)CO. The zero-order valence-electron chi connectivity index (χ0n) is 17.2. The molecule has 0 fully saturated rings. The van der Waals surface area contributed by atoms with Gasteiger partial charge in [-0.3, -0.25) is 9.59 Å². The molecule has 6 N–H and O–H groups in total. The molecule has 184 valence electrons. The lowest BCUT2D eigenvalue weighted by atomic mass is 9.75. The Morgan fingerprint density at radius 2 is 1.55 bits per heavy atom. The zero-order valence-corrected chi connectivity index (χ0v) is 17.2. The number of hydrogen-bond donors (Lipinski definition) is 5. The van der Waals surface area contributed by atoms with Crippen molar-refractivity contribution in [2.24, 2.45) is 11.1 Å². The third-order valence-corrected chi connectivity index (χ3v) is 4.65. The summed E-state index contributed by atoms with van der Waals surface area (Å²) in [4.78, 5) is 21.9. The average Bonchev–Trinajstić information content (AvgIpc) is 2.71. The predicted molar refractivity (Wildman–Crippen MR) is 101 cm³/mol. The van der Waals surface area contributed by atoms with Crippen LogP contribution in [0.5, 0.6) is 0 Å². The van der Waals surface area contributed by atoms with Gasteiger partial charge in [-0.15, -0.1) is 0 Å². The number of amides is 2. The van der Waals surface area contributed by atoms with Gasteiger partial charge in [0, 0.05) is 13.1 Å². The van der Waals surface area contributed by atoms with Crippen molar-refractivity contribution < 1.29 is 46.5 Å². The summed E-state index contributed by atoms with van der Waals surface area (Å²) in [6.07, 6.45) is -7.01. The molecule has 0 aliphatic rings. The van der Waals surface area contributed by atoms with Crippen LogP contribution in [0, 0.1) is 5.41 Å². The average molecular weight is 465 g/mol. The van der Waals surface area contributed by atoms with Gasteiger partial charge in [0.05, 0.1) is 19.8 Å². The third-order valence-electron chi connectivity index (χ3n) is 4.65. The molecule has 0 radical (unpaired) electrons. The maximum atomic E-state index is 12.3. The second kappa shape index (κ2) is 15.3. The highest BCUT2D eigenvalue weighted by Crippen LogP contribution is 2.35. The largest absolute Gasteiger partial charge is 0.471 e. The Hall–Kier alpha value is -1.57. The molecule has 0 aromatic rings. The fraction of sp³-hybridized carbons (Fsp3) is 0.889. The molecule has 0 heterocycles. The lowest BCUT2D eigenvalue weighted by Gasteiger charge is -2.34. The van der Waals surface area contributed by atoms with Crippen LogP contribution < -0.4 is 16.4 Å². The monoisotopic (exact) mass is 465 g/mol. The Labute approximate surface area is 177 Å². The van der Waals surface area contributed by atoms with E-state index in [1.165, 1.54) is 0 Å². The van der Waals surface area contributed by atoms with E-state index in [4.69, 9.17) is 15.6 Å². The molecule has 0 bridgehead atoms. The highest BCUT2D eigenvalue weighted by atomic mass is 19.4. The number of hydrogen-bond acceptors (Lipinski definition) is 6. The molecule has 0 aliphatic carbocycles. The summed E-state index contributed by atoms with van der Waals surface area (Å²) in [5.74, 6) is -3.44. The van der Waals surface area contributed by atoms with E-state index in [2.05, 4.69) is 5.32 Å². The van der Waals surface area contributed by atoms with E-state index in [1.54, 1.807) is 5.32 Å². The minimum Gasteiger partial charge on any atom is -0.394 e. The molecule has 2 atom stereocenters. The van der Waals surface area contributed by atoms with Crippen molar-refractivity contribution in [2.75, 3.05) is 39.5 Å². The standard InChI is InChI=1S/C18H32F5N3O5/c19-14(20)15(29)25-8-2-5-17(4-1-7-24,12-31-11-13(28)10-27)6-3-9-26-16(30)18(21,22)23/h13-14,27-28H,1-12,24H2,(H,25,29)(H,26,30). The lowest BCUT2D eigenvalue weighted by Crippen LogP contribution is -2.38. The van der Waals surface area contributed by atoms with Crippen LogP contribution >= 0.6 is 0 Å². The molecule has 2 amide bonds. The summed E-state index contributed by atoms with van der Waals surface area (Å²) >= 11 is 0. The molecule has 0 aromatic heterocycles. The van der Waals surface area contributed by atoms with Crippen LogP contribution in [-0.2, 0) is 14.3 Å². The third kappa shape index (κ3) is 13.4. The molecule has 0 spiro atoms. The summed E-state index contributed by atoms with van der Waals surface area (Å²) in [6.45, 7) is -0.553. The van der Waals surface area contributed by atoms with Crippen LogP contribution in [0.1, 0.15) is 38.5 Å². The van der Waals surface area contributed by atoms with Crippen molar-refractivity contribution in [3.8, 4) is 0 Å². The van der Waals surface area contributed by atoms with Crippen LogP contribution in [0.15, 0.2) is 0 Å². The quantitative estimate of drug-likeness (QED) is 0.159. The van der Waals surface area contributed by atoms with Gasteiger partial charge in [0.1, 0.15) is 6.10 Å². The maximum Gasteiger partial charge on any atom is 0.471 e. The molecular weight excluding hydrogens is 433 g/mol. The molecule has 0 saturated heterocycles. The van der Waals surface area contributed by atoms with Gasteiger partial charge in [-0.05, 0) is 50.5 Å². The molecule has 0 aromatic carbocycles. The summed E-state index contributed by atoms with van der Waals surface area (Å²) in [6, 6.07) is 0. The molecule has 13 heteroatoms. The van der Waals surface area contributed by atoms with Crippen molar-refractivity contribution in [2.45, 2.75) is 57.2 Å². The number of ether oxygens (including phenoxy) is 1. The minimum absolute atomic E-state index is 0.0301. The first-order valence-corrected chi connectivity index (χ1v) is 9.95. The number of nitrogens with two attached hydrogens (primary N) is 1. The molecule has 8 nitrogen and oxygen atoms in total. The molecule has 0 aliphatic heterocycles. The van der Waals surface area contributed by atoms with Crippen molar-refractivity contribution in [1.29, 1.82) is 0 Å². The predicted octanol–water partition coefficient (Wildman–Crippen LogP) is 0.702. The smallest absolute Gasteiger partial charge is 0.394 e. The van der Waals surface area contributed by atoms with Crippen LogP contribution in [-0.4, -0.2) is 80.2 Å². The molecular formula is C18H32F5N3O5. The zero-order chi connectivity index (χ0) is 23.9. The van der Waals surface area contributed by atoms with Crippen LogP contribution in [0.3, 0.4) is 0 Å². The van der Waals surface area contributed by atoms with Gasteiger partial charge in [0.2, 0.25) is 0 Å². The van der Waals surface area contributed by atoms with Crippen LogP contribution in [0.25, 0.3) is 0 Å². The van der Waals surface area contributed by atoms with Crippen LogP contribution in [0.2, 0.25) is 0 Å². The number of carbonyl (C=O) groups excluding carboxylic acids is 2. The van der Waals surface area contributed by atoms with Gasteiger partial charge < -0.3 is 31.3 Å². The van der Waals surface area contributed by atoms with Crippen molar-refractivity contribution >= 4 is 11.8 Å². The summed E-state index contributed by atoms with van der Waals surface area (Å²) in [5.41, 5.74) is 4.94. The number of aliphatic hydroxyl groups excluding tert-OH is 2. The molecule has 2 unspecified atom stereocenters. The molecule has 0 rings (SSSR count). The maximum absolute atomic E-state index is 12.3. The van der Waals surface area contributed by atoms with Gasteiger partial charge in [-0.2, -0.15) is 22.0 Å². The summed E-state index contributed by atoms with van der Waals surface area (Å²) < 4.78 is 66.9. The van der Waals surface area contributed by atoms with E-state index in [9.17, 15) is 36.6 Å². The molecule has 31 heavy (non-hydrogen) atoms. The Kier molecular flexibility index (Phi) is 14.5. The Morgan fingerprint density at radius 1 is 1.00 bits per heavy atom.